The number of rotatable bonds is 6. The number of anilines is 1. The number of nitrogens with zero attached hydrogens (tertiary/aromatic N) is 3. The quantitative estimate of drug-likeness (QED) is 0.819. The van der Waals surface area contributed by atoms with Crippen LogP contribution in [0.15, 0.2) is 36.7 Å². The van der Waals surface area contributed by atoms with E-state index in [0.29, 0.717) is 0 Å². The van der Waals surface area contributed by atoms with Gasteiger partial charge in [0.25, 0.3) is 0 Å². The maximum Gasteiger partial charge on any atom is 0.0522 e. The van der Waals surface area contributed by atoms with Crippen LogP contribution in [0.5, 0.6) is 0 Å². The zero-order valence-corrected chi connectivity index (χ0v) is 12.0. The van der Waals surface area contributed by atoms with E-state index in [9.17, 15) is 0 Å². The fourth-order valence-electron chi connectivity index (χ4n) is 2.60. The van der Waals surface area contributed by atoms with Crippen molar-refractivity contribution >= 4 is 5.69 Å². The largest absolute Gasteiger partial charge is 0.398 e. The molecule has 0 aliphatic heterocycles. The first-order valence-electron chi connectivity index (χ1n) is 7.27. The Hall–Kier alpha value is -1.81. The summed E-state index contributed by atoms with van der Waals surface area (Å²) in [6.07, 6.45) is 7.75. The van der Waals surface area contributed by atoms with Crippen molar-refractivity contribution in [1.29, 1.82) is 0 Å². The van der Waals surface area contributed by atoms with Crippen molar-refractivity contribution in [3.05, 3.63) is 47.8 Å². The SMILES string of the molecule is Cn1cc(CCN(Cc2ccccc2N)C2CC2)cn1. The molecule has 4 heteroatoms. The van der Waals surface area contributed by atoms with E-state index in [1.54, 1.807) is 0 Å². The normalized spacial score (nSPS) is 14.9. The summed E-state index contributed by atoms with van der Waals surface area (Å²) in [5, 5.41) is 4.23. The fraction of sp³-hybridized carbons (Fsp3) is 0.438. The van der Waals surface area contributed by atoms with Gasteiger partial charge in [-0.1, -0.05) is 18.2 Å². The second kappa shape index (κ2) is 5.67. The van der Waals surface area contributed by atoms with E-state index in [4.69, 9.17) is 5.73 Å². The van der Waals surface area contributed by atoms with Crippen molar-refractivity contribution in [3.8, 4) is 0 Å². The van der Waals surface area contributed by atoms with Gasteiger partial charge in [0.2, 0.25) is 0 Å². The highest BCUT2D eigenvalue weighted by molar-refractivity contribution is 5.46. The summed E-state index contributed by atoms with van der Waals surface area (Å²) in [5.41, 5.74) is 9.51. The number of aromatic nitrogens is 2. The first-order valence-corrected chi connectivity index (χ1v) is 7.27. The lowest BCUT2D eigenvalue weighted by Crippen LogP contribution is -2.28. The van der Waals surface area contributed by atoms with Crippen LogP contribution in [0.1, 0.15) is 24.0 Å². The lowest BCUT2D eigenvalue weighted by atomic mass is 10.1. The van der Waals surface area contributed by atoms with Crippen LogP contribution in [0.25, 0.3) is 0 Å². The molecule has 0 spiro atoms. The van der Waals surface area contributed by atoms with E-state index in [1.807, 2.05) is 30.1 Å². The van der Waals surface area contributed by atoms with Crippen molar-refractivity contribution in [2.24, 2.45) is 7.05 Å². The van der Waals surface area contributed by atoms with Gasteiger partial charge in [0.15, 0.2) is 0 Å². The van der Waals surface area contributed by atoms with Gasteiger partial charge in [-0.15, -0.1) is 0 Å². The van der Waals surface area contributed by atoms with Crippen LogP contribution in [0.2, 0.25) is 0 Å². The van der Waals surface area contributed by atoms with Crippen LogP contribution in [-0.2, 0) is 20.0 Å². The minimum Gasteiger partial charge on any atom is -0.398 e. The molecule has 106 valence electrons. The first-order chi connectivity index (χ1) is 9.72. The molecule has 1 fully saturated rings. The van der Waals surface area contributed by atoms with Crippen LogP contribution >= 0.6 is 0 Å². The third-order valence-corrected chi connectivity index (χ3v) is 3.94. The van der Waals surface area contributed by atoms with Gasteiger partial charge in [0.1, 0.15) is 0 Å². The smallest absolute Gasteiger partial charge is 0.0522 e. The molecular formula is C16H22N4. The van der Waals surface area contributed by atoms with E-state index in [-0.39, 0.29) is 0 Å². The molecule has 2 aromatic rings. The molecule has 1 heterocycles. The van der Waals surface area contributed by atoms with E-state index in [1.165, 1.54) is 24.0 Å². The average molecular weight is 270 g/mol. The minimum absolute atomic E-state index is 0.742. The van der Waals surface area contributed by atoms with Crippen molar-refractivity contribution in [1.82, 2.24) is 14.7 Å². The Morgan fingerprint density at radius 1 is 1.35 bits per heavy atom. The van der Waals surface area contributed by atoms with Crippen molar-refractivity contribution in [2.45, 2.75) is 31.8 Å². The highest BCUT2D eigenvalue weighted by atomic mass is 15.2. The van der Waals surface area contributed by atoms with E-state index in [2.05, 4.69) is 28.3 Å². The predicted octanol–water partition coefficient (Wildman–Crippen LogP) is 2.21. The minimum atomic E-state index is 0.742. The van der Waals surface area contributed by atoms with Crippen molar-refractivity contribution in [3.63, 3.8) is 0 Å². The Balaban J connectivity index is 1.63. The van der Waals surface area contributed by atoms with Gasteiger partial charge in [-0.3, -0.25) is 9.58 Å². The number of benzene rings is 1. The molecular weight excluding hydrogens is 248 g/mol. The van der Waals surface area contributed by atoms with Crippen LogP contribution in [-0.4, -0.2) is 27.3 Å². The van der Waals surface area contributed by atoms with Gasteiger partial charge < -0.3 is 5.73 Å². The molecule has 4 nitrogen and oxygen atoms in total. The standard InChI is InChI=1S/C16H22N4/c1-19-11-13(10-18-19)8-9-20(15-6-7-15)12-14-4-2-3-5-16(14)17/h2-5,10-11,15H,6-9,12,17H2,1H3. The summed E-state index contributed by atoms with van der Waals surface area (Å²) in [4.78, 5) is 2.55. The molecule has 1 aliphatic rings. The molecule has 3 rings (SSSR count). The van der Waals surface area contributed by atoms with E-state index < -0.39 is 0 Å². The fourth-order valence-corrected chi connectivity index (χ4v) is 2.60. The Morgan fingerprint density at radius 2 is 2.15 bits per heavy atom. The number of aryl methyl sites for hydroxylation is 1. The van der Waals surface area contributed by atoms with Gasteiger partial charge >= 0.3 is 0 Å². The van der Waals surface area contributed by atoms with Gasteiger partial charge in [-0.2, -0.15) is 5.10 Å². The zero-order valence-electron chi connectivity index (χ0n) is 12.0. The summed E-state index contributed by atoms with van der Waals surface area (Å²) in [6.45, 7) is 2.03. The molecule has 2 N–H and O–H groups in total. The maximum absolute atomic E-state index is 6.06. The van der Waals surface area contributed by atoms with E-state index in [0.717, 1.165) is 31.2 Å². The maximum atomic E-state index is 6.06. The summed E-state index contributed by atoms with van der Waals surface area (Å²) in [5.74, 6) is 0. The monoisotopic (exact) mass is 270 g/mol. The Kier molecular flexibility index (Phi) is 3.74. The summed E-state index contributed by atoms with van der Waals surface area (Å²) in [7, 11) is 1.97. The number of hydrogen-bond acceptors (Lipinski definition) is 3. The predicted molar refractivity (Wildman–Crippen MR) is 81.2 cm³/mol. The summed E-state index contributed by atoms with van der Waals surface area (Å²) in [6, 6.07) is 8.93. The van der Waals surface area contributed by atoms with Crippen LogP contribution < -0.4 is 5.73 Å². The number of nitrogen functional groups attached to an aromatic ring is 1. The highest BCUT2D eigenvalue weighted by Gasteiger charge is 2.28. The highest BCUT2D eigenvalue weighted by Crippen LogP contribution is 2.29. The topological polar surface area (TPSA) is 47.1 Å². The lowest BCUT2D eigenvalue weighted by Gasteiger charge is -2.22. The third kappa shape index (κ3) is 3.20. The van der Waals surface area contributed by atoms with Gasteiger partial charge in [-0.05, 0) is 36.5 Å². The number of nitrogens with two attached hydrogens (primary N) is 1. The van der Waals surface area contributed by atoms with Gasteiger partial charge in [0.05, 0.1) is 6.20 Å². The third-order valence-electron chi connectivity index (χ3n) is 3.94. The average Bonchev–Trinajstić information content (AvgIpc) is 3.20. The molecule has 0 bridgehead atoms. The molecule has 0 unspecified atom stereocenters. The van der Waals surface area contributed by atoms with Gasteiger partial charge in [0, 0.05) is 38.1 Å². The molecule has 0 atom stereocenters. The summed E-state index contributed by atoms with van der Waals surface area (Å²) < 4.78 is 1.87. The van der Waals surface area contributed by atoms with Crippen LogP contribution in [0.4, 0.5) is 5.69 Å². The molecule has 0 saturated heterocycles. The molecule has 1 aromatic heterocycles. The van der Waals surface area contributed by atoms with Crippen molar-refractivity contribution < 1.29 is 0 Å². The Morgan fingerprint density at radius 3 is 2.80 bits per heavy atom. The second-order valence-corrected chi connectivity index (χ2v) is 5.67. The van der Waals surface area contributed by atoms with Crippen molar-refractivity contribution in [2.75, 3.05) is 12.3 Å². The molecule has 0 radical (unpaired) electrons. The summed E-state index contributed by atoms with van der Waals surface area (Å²) >= 11 is 0. The molecule has 1 aliphatic carbocycles. The molecule has 1 aromatic carbocycles. The molecule has 20 heavy (non-hydrogen) atoms. The number of hydrogen-bond donors (Lipinski definition) is 1. The van der Waals surface area contributed by atoms with Gasteiger partial charge in [-0.25, -0.2) is 0 Å². The zero-order chi connectivity index (χ0) is 13.9. The second-order valence-electron chi connectivity index (χ2n) is 5.67. The van der Waals surface area contributed by atoms with Crippen LogP contribution in [0.3, 0.4) is 0 Å². The first kappa shape index (κ1) is 13.2. The Labute approximate surface area is 120 Å². The van der Waals surface area contributed by atoms with Crippen LogP contribution in [0, 0.1) is 0 Å². The number of para-hydroxylation sites is 1. The lowest BCUT2D eigenvalue weighted by molar-refractivity contribution is 0.258. The molecule has 1 saturated carbocycles. The molecule has 0 amide bonds. The van der Waals surface area contributed by atoms with E-state index >= 15 is 0 Å². The Bertz CT molecular complexity index is 571.